The lowest BCUT2D eigenvalue weighted by atomic mass is 9.88. The van der Waals surface area contributed by atoms with Crippen LogP contribution in [-0.2, 0) is 32.7 Å². The molecule has 5 aromatic rings. The number of nitrogens with two attached hydrogens (primary N) is 1. The lowest BCUT2D eigenvalue weighted by Gasteiger charge is -2.26. The van der Waals surface area contributed by atoms with E-state index in [1.807, 2.05) is 46.2 Å². The van der Waals surface area contributed by atoms with Crippen LogP contribution in [0.5, 0.6) is 5.75 Å². The van der Waals surface area contributed by atoms with Gasteiger partial charge in [-0.25, -0.2) is 4.79 Å². The lowest BCUT2D eigenvalue weighted by Crippen LogP contribution is -2.27. The summed E-state index contributed by atoms with van der Waals surface area (Å²) >= 11 is 13.7. The SMILES string of the molecule is C=C(C=N/C=C\N)CN(Cc1ccccn1)Cc1c(O)c(Cl)cc2c(-c3ccccc3C(=O)O)c3cc(Cl)c(=O)c(CN(Cc4ccccn4)Cc4cnccn4)c-3oc12. The molecule has 0 bridgehead atoms. The van der Waals surface area contributed by atoms with Gasteiger partial charge in [0.05, 0.1) is 43.8 Å². The minimum Gasteiger partial charge on any atom is -0.506 e. The monoisotopic (exact) mass is 840 g/mol. The normalized spacial score (nSPS) is 11.8. The van der Waals surface area contributed by atoms with E-state index >= 15 is 0 Å². The number of aromatic nitrogens is 4. The van der Waals surface area contributed by atoms with Crippen molar-refractivity contribution in [1.82, 2.24) is 29.7 Å². The summed E-state index contributed by atoms with van der Waals surface area (Å²) < 4.78 is 6.87. The molecule has 0 saturated heterocycles. The molecule has 1 aliphatic carbocycles. The Kier molecular flexibility index (Phi) is 13.0. The van der Waals surface area contributed by atoms with Crippen molar-refractivity contribution < 1.29 is 19.4 Å². The van der Waals surface area contributed by atoms with Gasteiger partial charge in [-0.2, -0.15) is 0 Å². The zero-order valence-corrected chi connectivity index (χ0v) is 33.6. The fourth-order valence-corrected chi connectivity index (χ4v) is 7.50. The van der Waals surface area contributed by atoms with E-state index in [0.29, 0.717) is 46.4 Å². The molecule has 2 aromatic carbocycles. The Morgan fingerprint density at radius 2 is 1.48 bits per heavy atom. The molecule has 0 atom stereocenters. The Bertz CT molecular complexity index is 2710. The largest absolute Gasteiger partial charge is 0.506 e. The Hall–Kier alpha value is -6.77. The Morgan fingerprint density at radius 1 is 0.817 bits per heavy atom. The molecule has 13 nitrogen and oxygen atoms in total. The summed E-state index contributed by atoms with van der Waals surface area (Å²) in [5, 5.41) is 22.6. The molecule has 0 fully saturated rings. The van der Waals surface area contributed by atoms with Crippen molar-refractivity contribution in [2.45, 2.75) is 32.7 Å². The van der Waals surface area contributed by atoms with Gasteiger partial charge in [-0.3, -0.25) is 39.5 Å². The van der Waals surface area contributed by atoms with Crippen LogP contribution in [0.1, 0.15) is 38.6 Å². The van der Waals surface area contributed by atoms with Crippen molar-refractivity contribution >= 4 is 46.4 Å². The van der Waals surface area contributed by atoms with Crippen LogP contribution in [-0.4, -0.2) is 58.7 Å². The average Bonchev–Trinajstić information content (AvgIpc) is 3.25. The fraction of sp³-hybridized carbons (Fsp3) is 0.133. The summed E-state index contributed by atoms with van der Waals surface area (Å²) in [5.74, 6) is -1.30. The topological polar surface area (TPSA) is 184 Å². The average molecular weight is 842 g/mol. The number of phenolic OH excluding ortho intramolecular Hbond substituents is 1. The molecule has 0 amide bonds. The third-order valence-corrected chi connectivity index (χ3v) is 10.2. The van der Waals surface area contributed by atoms with Crippen molar-refractivity contribution in [2.75, 3.05) is 6.54 Å². The molecule has 0 saturated carbocycles. The summed E-state index contributed by atoms with van der Waals surface area (Å²) in [7, 11) is 0. The lowest BCUT2D eigenvalue weighted by molar-refractivity contribution is 0.0697. The number of carbonyl (C=O) groups is 1. The number of benzene rings is 3. The summed E-state index contributed by atoms with van der Waals surface area (Å²) in [5.41, 5.74) is 9.42. The number of hydrogen-bond acceptors (Lipinski definition) is 12. The van der Waals surface area contributed by atoms with E-state index in [1.165, 1.54) is 30.6 Å². The van der Waals surface area contributed by atoms with Crippen molar-refractivity contribution in [1.29, 1.82) is 0 Å². The molecule has 0 spiro atoms. The van der Waals surface area contributed by atoms with Gasteiger partial charge < -0.3 is 20.4 Å². The first kappa shape index (κ1) is 41.4. The van der Waals surface area contributed by atoms with Gasteiger partial charge in [0.1, 0.15) is 17.1 Å². The van der Waals surface area contributed by atoms with Crippen LogP contribution < -0.4 is 11.2 Å². The molecular formula is C45H38Cl2N8O5. The Morgan fingerprint density at radius 3 is 2.15 bits per heavy atom. The molecule has 60 heavy (non-hydrogen) atoms. The molecule has 15 heteroatoms. The second kappa shape index (κ2) is 18.9. The van der Waals surface area contributed by atoms with Gasteiger partial charge in [-0.1, -0.05) is 60.1 Å². The minimum atomic E-state index is -1.18. The van der Waals surface area contributed by atoms with Gasteiger partial charge in [-0.15, -0.1) is 0 Å². The van der Waals surface area contributed by atoms with Gasteiger partial charge >= 0.3 is 5.97 Å². The molecule has 3 aromatic heterocycles. The van der Waals surface area contributed by atoms with E-state index in [-0.39, 0.29) is 70.0 Å². The number of pyridine rings is 2. The van der Waals surface area contributed by atoms with Crippen LogP contribution in [0, 0.1) is 0 Å². The first-order valence-corrected chi connectivity index (χ1v) is 19.4. The third kappa shape index (κ3) is 9.41. The number of nitrogens with zero attached hydrogens (tertiary/aromatic N) is 7. The van der Waals surface area contributed by atoms with Crippen molar-refractivity contribution in [3.63, 3.8) is 0 Å². The smallest absolute Gasteiger partial charge is 0.336 e. The molecule has 2 aliphatic rings. The van der Waals surface area contributed by atoms with E-state index in [4.69, 9.17) is 33.4 Å². The predicted molar refractivity (Wildman–Crippen MR) is 232 cm³/mol. The number of phenols is 1. The highest BCUT2D eigenvalue weighted by atomic mass is 35.5. The van der Waals surface area contributed by atoms with Gasteiger partial charge in [0.25, 0.3) is 0 Å². The number of aromatic hydroxyl groups is 1. The highest BCUT2D eigenvalue weighted by molar-refractivity contribution is 6.33. The van der Waals surface area contributed by atoms with Crippen LogP contribution >= 0.6 is 23.2 Å². The van der Waals surface area contributed by atoms with Crippen LogP contribution in [0.3, 0.4) is 0 Å². The predicted octanol–water partition coefficient (Wildman–Crippen LogP) is 8.12. The van der Waals surface area contributed by atoms with Crippen LogP contribution in [0.2, 0.25) is 10.0 Å². The molecule has 1 aliphatic heterocycles. The minimum absolute atomic E-state index is 0.00911. The Balaban J connectivity index is 1.48. The number of fused-ring (bicyclic) bond motifs is 2. The first-order chi connectivity index (χ1) is 29.1. The Labute approximate surface area is 354 Å². The molecule has 302 valence electrons. The fourth-order valence-electron chi connectivity index (χ4n) is 7.05. The van der Waals surface area contributed by atoms with Crippen molar-refractivity contribution in [2.24, 2.45) is 10.7 Å². The maximum absolute atomic E-state index is 14.3. The molecule has 0 radical (unpaired) electrons. The third-order valence-electron chi connectivity index (χ3n) is 9.60. The summed E-state index contributed by atoms with van der Waals surface area (Å²) in [4.78, 5) is 53.0. The molecule has 0 unspecified atom stereocenters. The summed E-state index contributed by atoms with van der Waals surface area (Å²) in [6, 6.07) is 20.6. The van der Waals surface area contributed by atoms with E-state index in [0.717, 1.165) is 11.4 Å². The van der Waals surface area contributed by atoms with Gasteiger partial charge in [0.15, 0.2) is 0 Å². The molecule has 4 heterocycles. The quantitative estimate of drug-likeness (QED) is 0.0628. The zero-order valence-electron chi connectivity index (χ0n) is 32.1. The van der Waals surface area contributed by atoms with Gasteiger partial charge in [0, 0.05) is 105 Å². The number of hydrogen-bond donors (Lipinski definition) is 3. The van der Waals surface area contributed by atoms with Crippen LogP contribution in [0.25, 0.3) is 33.4 Å². The van der Waals surface area contributed by atoms with Crippen molar-refractivity contribution in [3.8, 4) is 28.2 Å². The zero-order chi connectivity index (χ0) is 42.2. The molecular weight excluding hydrogens is 803 g/mol. The molecule has 4 N–H and O–H groups in total. The second-order valence-electron chi connectivity index (χ2n) is 13.8. The number of carboxylic acids is 1. The standard InChI is InChI=1S/C45H38Cl2N8O5/c1-28(20-49-15-12-48)22-54(23-29-8-4-6-13-51-29)26-36-41(56)38(46)18-34-40(32-10-2-3-11-33(32)45(58)59)35-19-39(47)42(57)37(44(35)60-43(34)36)27-55(24-30-9-5-7-14-52-30)25-31-21-50-16-17-53-31/h2-21,56H,1,22-27,48H2,(H,58,59)/b15-12-,49-20?. The highest BCUT2D eigenvalue weighted by Crippen LogP contribution is 2.47. The number of halogens is 2. The second-order valence-corrected chi connectivity index (χ2v) is 14.7. The summed E-state index contributed by atoms with van der Waals surface area (Å²) in [6.07, 6.45) is 12.5. The van der Waals surface area contributed by atoms with Crippen LogP contribution in [0.4, 0.5) is 0 Å². The van der Waals surface area contributed by atoms with E-state index in [9.17, 15) is 19.8 Å². The number of carboxylic acid groups (broad SMARTS) is 1. The van der Waals surface area contributed by atoms with Crippen molar-refractivity contribution in [3.05, 3.63) is 182 Å². The first-order valence-electron chi connectivity index (χ1n) is 18.6. The van der Waals surface area contributed by atoms with E-state index in [1.54, 1.807) is 55.4 Å². The van der Waals surface area contributed by atoms with E-state index in [2.05, 4.69) is 31.5 Å². The number of rotatable bonds is 16. The highest BCUT2D eigenvalue weighted by Gasteiger charge is 2.30. The number of aromatic carboxylic acids is 1. The number of aliphatic imine (C=N–C) groups is 1. The summed E-state index contributed by atoms with van der Waals surface area (Å²) in [6.45, 7) is 5.39. The maximum Gasteiger partial charge on any atom is 0.336 e. The maximum atomic E-state index is 14.3. The molecule has 7 rings (SSSR count). The van der Waals surface area contributed by atoms with Gasteiger partial charge in [0.2, 0.25) is 5.43 Å². The van der Waals surface area contributed by atoms with Crippen LogP contribution in [0.15, 0.2) is 143 Å². The van der Waals surface area contributed by atoms with Gasteiger partial charge in [-0.05, 0) is 53.6 Å². The van der Waals surface area contributed by atoms with E-state index < -0.39 is 11.4 Å².